The smallest absolute Gasteiger partial charge is 0.243 e. The van der Waals surface area contributed by atoms with Crippen LogP contribution in [0.5, 0.6) is 0 Å². The Kier molecular flexibility index (Phi) is 5.70. The number of amides is 2. The Balaban J connectivity index is 1.54. The van der Waals surface area contributed by atoms with Crippen LogP contribution in [0, 0.1) is 0 Å². The van der Waals surface area contributed by atoms with E-state index in [9.17, 15) is 9.59 Å². The molecule has 5 heteroatoms. The van der Waals surface area contributed by atoms with E-state index in [4.69, 9.17) is 0 Å². The van der Waals surface area contributed by atoms with Crippen LogP contribution in [-0.4, -0.2) is 28.9 Å². The fraction of sp³-hybridized carbons (Fsp3) is 0.280. The van der Waals surface area contributed by atoms with E-state index in [0.29, 0.717) is 12.8 Å². The summed E-state index contributed by atoms with van der Waals surface area (Å²) < 4.78 is 0. The quantitative estimate of drug-likeness (QED) is 0.554. The standard InChI is InChI=1S/C25H27N3O2/c1-16(2)12-13-21-19(18-10-6-7-11-20(18)26-21)15-23-25(30)27-22(24(29)28-23)14-17-8-4-3-5-9-17/h3-12,22-23,26H,13-15H2,1-2H3,(H,27,30)(H,28,29)/t22-,23-/m0/s1. The Hall–Kier alpha value is -3.34. The first kappa shape index (κ1) is 20.0. The molecule has 30 heavy (non-hydrogen) atoms. The summed E-state index contributed by atoms with van der Waals surface area (Å²) in [5.41, 5.74) is 5.49. The molecule has 0 spiro atoms. The van der Waals surface area contributed by atoms with E-state index in [1.54, 1.807) is 0 Å². The number of para-hydroxylation sites is 1. The van der Waals surface area contributed by atoms with Crippen molar-refractivity contribution in [2.45, 2.75) is 45.2 Å². The van der Waals surface area contributed by atoms with Crippen molar-refractivity contribution >= 4 is 22.7 Å². The van der Waals surface area contributed by atoms with Crippen LogP contribution in [0.3, 0.4) is 0 Å². The molecule has 4 rings (SSSR count). The van der Waals surface area contributed by atoms with Gasteiger partial charge in [0.1, 0.15) is 12.1 Å². The lowest BCUT2D eigenvalue weighted by molar-refractivity contribution is -0.136. The molecule has 1 fully saturated rings. The molecular formula is C25H27N3O2. The predicted molar refractivity (Wildman–Crippen MR) is 119 cm³/mol. The molecule has 0 radical (unpaired) electrons. The maximum atomic E-state index is 12.8. The van der Waals surface area contributed by atoms with Gasteiger partial charge in [-0.3, -0.25) is 9.59 Å². The summed E-state index contributed by atoms with van der Waals surface area (Å²) in [5.74, 6) is -0.261. The highest BCUT2D eigenvalue weighted by Gasteiger charge is 2.34. The second kappa shape index (κ2) is 8.57. The summed E-state index contributed by atoms with van der Waals surface area (Å²) in [6.45, 7) is 4.15. The van der Waals surface area contributed by atoms with Crippen molar-refractivity contribution in [2.24, 2.45) is 0 Å². The summed E-state index contributed by atoms with van der Waals surface area (Å²) >= 11 is 0. The van der Waals surface area contributed by atoms with E-state index in [1.807, 2.05) is 48.5 Å². The van der Waals surface area contributed by atoms with Gasteiger partial charge in [-0.1, -0.05) is 60.2 Å². The molecule has 1 aromatic heterocycles. The van der Waals surface area contributed by atoms with Crippen LogP contribution in [0.25, 0.3) is 10.9 Å². The third-order valence-electron chi connectivity index (χ3n) is 5.57. The predicted octanol–water partition coefficient (Wildman–Crippen LogP) is 3.45. The van der Waals surface area contributed by atoms with Crippen LogP contribution >= 0.6 is 0 Å². The first-order valence-electron chi connectivity index (χ1n) is 10.4. The summed E-state index contributed by atoms with van der Waals surface area (Å²) in [5, 5.41) is 6.97. The van der Waals surface area contributed by atoms with E-state index < -0.39 is 12.1 Å². The molecule has 2 amide bonds. The summed E-state index contributed by atoms with van der Waals surface area (Å²) in [4.78, 5) is 29.0. The van der Waals surface area contributed by atoms with Gasteiger partial charge in [0.2, 0.25) is 11.8 Å². The number of carbonyl (C=O) groups excluding carboxylic acids is 2. The van der Waals surface area contributed by atoms with Gasteiger partial charge >= 0.3 is 0 Å². The lowest BCUT2D eigenvalue weighted by atomic mass is 9.96. The molecule has 2 atom stereocenters. The zero-order chi connectivity index (χ0) is 21.1. The van der Waals surface area contributed by atoms with Crippen molar-refractivity contribution in [1.29, 1.82) is 0 Å². The average Bonchev–Trinajstić information content (AvgIpc) is 3.08. The second-order valence-electron chi connectivity index (χ2n) is 8.13. The minimum Gasteiger partial charge on any atom is -0.358 e. The van der Waals surface area contributed by atoms with Crippen LogP contribution in [0.4, 0.5) is 0 Å². The fourth-order valence-corrected chi connectivity index (χ4v) is 3.99. The monoisotopic (exact) mass is 401 g/mol. The van der Waals surface area contributed by atoms with Crippen LogP contribution in [0.2, 0.25) is 0 Å². The van der Waals surface area contributed by atoms with Crippen molar-refractivity contribution in [3.63, 3.8) is 0 Å². The first-order chi connectivity index (χ1) is 14.5. The molecule has 3 aromatic rings. The Bertz CT molecular complexity index is 1090. The highest BCUT2D eigenvalue weighted by atomic mass is 16.2. The molecule has 1 aliphatic rings. The number of hydrogen-bond donors (Lipinski definition) is 3. The van der Waals surface area contributed by atoms with Crippen LogP contribution in [0.15, 0.2) is 66.2 Å². The third-order valence-corrected chi connectivity index (χ3v) is 5.57. The molecule has 0 bridgehead atoms. The minimum atomic E-state index is -0.575. The summed E-state index contributed by atoms with van der Waals surface area (Å²) in [7, 11) is 0. The Morgan fingerprint density at radius 1 is 0.867 bits per heavy atom. The van der Waals surface area contributed by atoms with Crippen molar-refractivity contribution in [3.05, 3.63) is 83.1 Å². The molecule has 2 heterocycles. The number of H-pyrrole nitrogens is 1. The van der Waals surface area contributed by atoms with Gasteiger partial charge < -0.3 is 15.6 Å². The van der Waals surface area contributed by atoms with Crippen LogP contribution in [0.1, 0.15) is 30.7 Å². The minimum absolute atomic E-state index is 0.130. The molecule has 2 aromatic carbocycles. The van der Waals surface area contributed by atoms with E-state index >= 15 is 0 Å². The van der Waals surface area contributed by atoms with Gasteiger partial charge in [-0.15, -0.1) is 0 Å². The van der Waals surface area contributed by atoms with Gasteiger partial charge in [0.05, 0.1) is 0 Å². The molecule has 154 valence electrons. The van der Waals surface area contributed by atoms with Gasteiger partial charge in [0, 0.05) is 35.9 Å². The number of nitrogens with one attached hydrogen (secondary N) is 3. The van der Waals surface area contributed by atoms with Gasteiger partial charge in [0.25, 0.3) is 0 Å². The summed E-state index contributed by atoms with van der Waals surface area (Å²) in [6, 6.07) is 16.7. The number of benzene rings is 2. The molecule has 0 unspecified atom stereocenters. The van der Waals surface area contributed by atoms with Crippen molar-refractivity contribution < 1.29 is 9.59 Å². The topological polar surface area (TPSA) is 74.0 Å². The number of allylic oxidation sites excluding steroid dienone is 2. The number of aromatic nitrogens is 1. The summed E-state index contributed by atoms with van der Waals surface area (Å²) in [6.07, 6.45) is 3.89. The third kappa shape index (κ3) is 4.30. The molecule has 3 N–H and O–H groups in total. The number of hydrogen-bond acceptors (Lipinski definition) is 2. The lowest BCUT2D eigenvalue weighted by Gasteiger charge is -2.30. The van der Waals surface area contributed by atoms with Gasteiger partial charge in [-0.2, -0.15) is 0 Å². The van der Waals surface area contributed by atoms with Crippen LogP contribution < -0.4 is 10.6 Å². The number of rotatable bonds is 6. The maximum Gasteiger partial charge on any atom is 0.243 e. The van der Waals surface area contributed by atoms with Gasteiger partial charge in [-0.25, -0.2) is 0 Å². The maximum absolute atomic E-state index is 12.8. The van der Waals surface area contributed by atoms with Crippen molar-refractivity contribution in [1.82, 2.24) is 15.6 Å². The molecule has 5 nitrogen and oxygen atoms in total. The van der Waals surface area contributed by atoms with E-state index in [2.05, 4.69) is 41.6 Å². The molecule has 0 aliphatic carbocycles. The normalized spacial score (nSPS) is 18.7. The van der Waals surface area contributed by atoms with E-state index in [0.717, 1.165) is 34.1 Å². The SMILES string of the molecule is CC(C)=CCc1[nH]c2ccccc2c1C[C@@H]1NC(=O)[C@H](Cc2ccccc2)NC1=O. The van der Waals surface area contributed by atoms with E-state index in [-0.39, 0.29) is 11.8 Å². The number of carbonyl (C=O) groups is 2. The Labute approximate surface area is 176 Å². The Morgan fingerprint density at radius 2 is 1.50 bits per heavy atom. The largest absolute Gasteiger partial charge is 0.358 e. The number of aromatic amines is 1. The highest BCUT2D eigenvalue weighted by molar-refractivity contribution is 5.97. The van der Waals surface area contributed by atoms with Crippen molar-refractivity contribution in [3.8, 4) is 0 Å². The zero-order valence-electron chi connectivity index (χ0n) is 17.4. The van der Waals surface area contributed by atoms with Gasteiger partial charge in [-0.05, 0) is 31.0 Å². The van der Waals surface area contributed by atoms with E-state index in [1.165, 1.54) is 5.57 Å². The van der Waals surface area contributed by atoms with Gasteiger partial charge in [0.15, 0.2) is 0 Å². The average molecular weight is 402 g/mol. The molecular weight excluding hydrogens is 374 g/mol. The highest BCUT2D eigenvalue weighted by Crippen LogP contribution is 2.25. The number of fused-ring (bicyclic) bond motifs is 1. The second-order valence-corrected chi connectivity index (χ2v) is 8.13. The molecule has 0 saturated carbocycles. The lowest BCUT2D eigenvalue weighted by Crippen LogP contribution is -2.62. The fourth-order valence-electron chi connectivity index (χ4n) is 3.99. The zero-order valence-corrected chi connectivity index (χ0v) is 17.4. The Morgan fingerprint density at radius 3 is 2.20 bits per heavy atom. The van der Waals surface area contributed by atoms with Crippen LogP contribution in [-0.2, 0) is 28.9 Å². The molecule has 1 saturated heterocycles. The molecule has 1 aliphatic heterocycles. The first-order valence-corrected chi connectivity index (χ1v) is 10.4. The van der Waals surface area contributed by atoms with Crippen molar-refractivity contribution in [2.75, 3.05) is 0 Å². The number of piperazine rings is 1.